The molecule has 150 valence electrons. The van der Waals surface area contributed by atoms with Crippen molar-refractivity contribution in [1.29, 1.82) is 0 Å². The molecule has 0 aliphatic rings. The van der Waals surface area contributed by atoms with Crippen molar-refractivity contribution in [1.82, 2.24) is 21.1 Å². The molecule has 8 nitrogen and oxygen atoms in total. The number of furan rings is 1. The van der Waals surface area contributed by atoms with Gasteiger partial charge in [-0.05, 0) is 25.3 Å². The van der Waals surface area contributed by atoms with Gasteiger partial charge in [0.2, 0.25) is 0 Å². The van der Waals surface area contributed by atoms with Gasteiger partial charge in [0.15, 0.2) is 17.5 Å². The number of aromatic nitrogens is 1. The van der Waals surface area contributed by atoms with Gasteiger partial charge in [0.25, 0.3) is 5.91 Å². The smallest absolute Gasteiger partial charge is 0.287 e. The summed E-state index contributed by atoms with van der Waals surface area (Å²) < 4.78 is 10.4. The number of aryl methyl sites for hydroxylation is 1. The molecule has 2 aromatic heterocycles. The van der Waals surface area contributed by atoms with Gasteiger partial charge in [0, 0.05) is 31.8 Å². The van der Waals surface area contributed by atoms with E-state index >= 15 is 0 Å². The predicted octanol–water partition coefficient (Wildman–Crippen LogP) is 2.80. The Morgan fingerprint density at radius 2 is 2.00 bits per heavy atom. The summed E-state index contributed by atoms with van der Waals surface area (Å²) >= 11 is 0. The van der Waals surface area contributed by atoms with Crippen LogP contribution in [0.2, 0.25) is 0 Å². The maximum atomic E-state index is 11.9. The normalized spacial score (nSPS) is 11.2. The molecule has 0 radical (unpaired) electrons. The van der Waals surface area contributed by atoms with Crippen LogP contribution in [0, 0.1) is 6.92 Å². The Labute approximate surface area is 176 Å². The molecule has 27 heavy (non-hydrogen) atoms. The largest absolute Gasteiger partial charge is 0.459 e. The number of halogens is 1. The van der Waals surface area contributed by atoms with Gasteiger partial charge in [-0.2, -0.15) is 0 Å². The maximum Gasteiger partial charge on any atom is 0.287 e. The number of guanidine groups is 1. The van der Waals surface area contributed by atoms with E-state index in [0.717, 1.165) is 23.4 Å². The Bertz CT molecular complexity index is 739. The molecule has 2 aromatic rings. The molecule has 0 atom stereocenters. The number of carbonyl (C=O) groups is 1. The number of nitrogens with zero attached hydrogens (tertiary/aromatic N) is 2. The molecular weight excluding hydrogens is 461 g/mol. The molecule has 0 saturated heterocycles. The van der Waals surface area contributed by atoms with Crippen LogP contribution in [0.4, 0.5) is 0 Å². The number of rotatable bonds is 8. The van der Waals surface area contributed by atoms with Crippen LogP contribution < -0.4 is 16.0 Å². The predicted molar refractivity (Wildman–Crippen MR) is 115 cm³/mol. The summed E-state index contributed by atoms with van der Waals surface area (Å²) in [4.78, 5) is 16.1. The lowest BCUT2D eigenvalue weighted by atomic mass is 10.1. The molecule has 0 spiro atoms. The molecule has 2 rings (SSSR count). The maximum absolute atomic E-state index is 11.9. The summed E-state index contributed by atoms with van der Waals surface area (Å²) in [6.45, 7) is 7.71. The monoisotopic (exact) mass is 489 g/mol. The second-order valence-corrected chi connectivity index (χ2v) is 6.27. The Morgan fingerprint density at radius 1 is 1.26 bits per heavy atom. The standard InChI is InChI=1S/C18H27N5O3.HI/c1-12(2)15-10-14(26-23-15)11-22-18(19-4)21-8-5-7-20-17(24)16-13(3)6-9-25-16;/h6,9-10,12H,5,7-8,11H2,1-4H3,(H,20,24)(H2,19,21,22);1H. The molecular formula is C18H28IN5O3. The molecule has 1 amide bonds. The molecule has 0 unspecified atom stereocenters. The molecule has 2 heterocycles. The lowest BCUT2D eigenvalue weighted by Crippen LogP contribution is -2.38. The van der Waals surface area contributed by atoms with Gasteiger partial charge in [-0.15, -0.1) is 24.0 Å². The fourth-order valence-electron chi connectivity index (χ4n) is 2.26. The lowest BCUT2D eigenvalue weighted by Gasteiger charge is -2.10. The van der Waals surface area contributed by atoms with Crippen LogP contribution >= 0.6 is 24.0 Å². The van der Waals surface area contributed by atoms with E-state index in [4.69, 9.17) is 8.94 Å². The van der Waals surface area contributed by atoms with E-state index in [1.54, 1.807) is 13.1 Å². The Morgan fingerprint density at radius 3 is 2.59 bits per heavy atom. The van der Waals surface area contributed by atoms with Crippen LogP contribution in [0.15, 0.2) is 32.3 Å². The number of hydrogen-bond acceptors (Lipinski definition) is 5. The van der Waals surface area contributed by atoms with Crippen molar-refractivity contribution in [3.63, 3.8) is 0 Å². The molecule has 0 saturated carbocycles. The Hall–Kier alpha value is -2.04. The third-order valence-corrected chi connectivity index (χ3v) is 3.82. The molecule has 0 fully saturated rings. The minimum atomic E-state index is -0.193. The quantitative estimate of drug-likeness (QED) is 0.228. The Balaban J connectivity index is 0.00000364. The first-order valence-corrected chi connectivity index (χ1v) is 8.73. The van der Waals surface area contributed by atoms with Crippen LogP contribution in [0.5, 0.6) is 0 Å². The number of hydrogen-bond donors (Lipinski definition) is 3. The second-order valence-electron chi connectivity index (χ2n) is 6.27. The summed E-state index contributed by atoms with van der Waals surface area (Å²) in [5.41, 5.74) is 1.77. The fraction of sp³-hybridized carbons (Fsp3) is 0.500. The van der Waals surface area contributed by atoms with Crippen LogP contribution in [-0.2, 0) is 6.54 Å². The van der Waals surface area contributed by atoms with Gasteiger partial charge < -0.3 is 24.9 Å². The van der Waals surface area contributed by atoms with Crippen molar-refractivity contribution >= 4 is 35.8 Å². The third kappa shape index (κ3) is 7.24. The first-order chi connectivity index (χ1) is 12.5. The average Bonchev–Trinajstić information content (AvgIpc) is 3.26. The summed E-state index contributed by atoms with van der Waals surface area (Å²) in [6.07, 6.45) is 2.27. The van der Waals surface area contributed by atoms with Crippen LogP contribution in [-0.4, -0.2) is 37.2 Å². The van der Waals surface area contributed by atoms with Crippen molar-refractivity contribution in [3.8, 4) is 0 Å². The van der Waals surface area contributed by atoms with E-state index < -0.39 is 0 Å². The highest BCUT2D eigenvalue weighted by molar-refractivity contribution is 14.0. The summed E-state index contributed by atoms with van der Waals surface area (Å²) in [5, 5.41) is 13.2. The van der Waals surface area contributed by atoms with Crippen molar-refractivity contribution in [3.05, 3.63) is 41.2 Å². The van der Waals surface area contributed by atoms with Crippen molar-refractivity contribution < 1.29 is 13.7 Å². The first kappa shape index (κ1) is 23.0. The molecule has 0 aliphatic carbocycles. The number of nitrogens with one attached hydrogen (secondary N) is 3. The fourth-order valence-corrected chi connectivity index (χ4v) is 2.26. The van der Waals surface area contributed by atoms with E-state index in [9.17, 15) is 4.79 Å². The summed E-state index contributed by atoms with van der Waals surface area (Å²) in [5.74, 6) is 1.94. The Kier molecular flexibility index (Phi) is 9.90. The van der Waals surface area contributed by atoms with Gasteiger partial charge in [0.05, 0.1) is 18.5 Å². The summed E-state index contributed by atoms with van der Waals surface area (Å²) in [6, 6.07) is 3.71. The zero-order valence-corrected chi connectivity index (χ0v) is 18.5. The minimum Gasteiger partial charge on any atom is -0.459 e. The molecule has 9 heteroatoms. The minimum absolute atomic E-state index is 0. The lowest BCUT2D eigenvalue weighted by molar-refractivity contribution is 0.0925. The van der Waals surface area contributed by atoms with E-state index in [1.165, 1.54) is 6.26 Å². The molecule has 3 N–H and O–H groups in total. The highest BCUT2D eigenvalue weighted by Crippen LogP contribution is 2.13. The van der Waals surface area contributed by atoms with E-state index in [-0.39, 0.29) is 29.9 Å². The number of carbonyl (C=O) groups excluding carboxylic acids is 1. The van der Waals surface area contributed by atoms with Crippen molar-refractivity contribution in [2.75, 3.05) is 20.1 Å². The van der Waals surface area contributed by atoms with E-state index in [1.807, 2.05) is 13.0 Å². The zero-order chi connectivity index (χ0) is 18.9. The topological polar surface area (TPSA) is 105 Å². The molecule has 0 aliphatic heterocycles. The average molecular weight is 489 g/mol. The van der Waals surface area contributed by atoms with Gasteiger partial charge in [-0.3, -0.25) is 9.79 Å². The molecule has 0 aromatic carbocycles. The van der Waals surface area contributed by atoms with Gasteiger partial charge in [-0.25, -0.2) is 0 Å². The first-order valence-electron chi connectivity index (χ1n) is 8.73. The van der Waals surface area contributed by atoms with Crippen LogP contribution in [0.3, 0.4) is 0 Å². The number of aliphatic imine (C=N–C) groups is 1. The van der Waals surface area contributed by atoms with Gasteiger partial charge in [-0.1, -0.05) is 19.0 Å². The zero-order valence-electron chi connectivity index (χ0n) is 16.2. The highest BCUT2D eigenvalue weighted by Gasteiger charge is 2.11. The van der Waals surface area contributed by atoms with E-state index in [2.05, 4.69) is 39.9 Å². The molecule has 0 bridgehead atoms. The van der Waals surface area contributed by atoms with Crippen LogP contribution in [0.25, 0.3) is 0 Å². The van der Waals surface area contributed by atoms with Crippen molar-refractivity contribution in [2.45, 2.75) is 39.7 Å². The van der Waals surface area contributed by atoms with Gasteiger partial charge >= 0.3 is 0 Å². The highest BCUT2D eigenvalue weighted by atomic mass is 127. The summed E-state index contributed by atoms with van der Waals surface area (Å²) in [7, 11) is 1.71. The van der Waals surface area contributed by atoms with E-state index in [0.29, 0.717) is 37.3 Å². The SMILES string of the molecule is CN=C(NCCCNC(=O)c1occc1C)NCc1cc(C(C)C)no1.I. The number of amides is 1. The van der Waals surface area contributed by atoms with Crippen molar-refractivity contribution in [2.24, 2.45) is 4.99 Å². The third-order valence-electron chi connectivity index (χ3n) is 3.82. The van der Waals surface area contributed by atoms with Gasteiger partial charge in [0.1, 0.15) is 0 Å². The second kappa shape index (κ2) is 11.6. The van der Waals surface area contributed by atoms with Crippen LogP contribution in [0.1, 0.15) is 53.8 Å².